The average molecular weight is 319 g/mol. The van der Waals surface area contributed by atoms with E-state index < -0.39 is 0 Å². The Balaban J connectivity index is 1.57. The van der Waals surface area contributed by atoms with Crippen LogP contribution in [0.4, 0.5) is 0 Å². The van der Waals surface area contributed by atoms with Gasteiger partial charge in [0, 0.05) is 19.1 Å². The van der Waals surface area contributed by atoms with Gasteiger partial charge in [-0.1, -0.05) is 12.1 Å². The second-order valence-electron chi connectivity index (χ2n) is 6.52. The Bertz CT molecular complexity index is 464. The van der Waals surface area contributed by atoms with Crippen molar-refractivity contribution in [1.82, 2.24) is 5.32 Å². The third-order valence-electron chi connectivity index (χ3n) is 4.75. The maximum Gasteiger partial charge on any atom is 0.220 e. The summed E-state index contributed by atoms with van der Waals surface area (Å²) in [6, 6.07) is 8.43. The van der Waals surface area contributed by atoms with Gasteiger partial charge in [0.15, 0.2) is 0 Å². The number of ether oxygens (including phenoxy) is 1. The second-order valence-corrected chi connectivity index (χ2v) is 6.52. The lowest BCUT2D eigenvalue weighted by Gasteiger charge is -2.27. The molecule has 23 heavy (non-hydrogen) atoms. The third kappa shape index (κ3) is 6.22. The second kappa shape index (κ2) is 9.56. The van der Waals surface area contributed by atoms with E-state index in [0.717, 1.165) is 50.7 Å². The van der Waals surface area contributed by atoms with Crippen molar-refractivity contribution in [3.8, 4) is 5.75 Å². The minimum atomic E-state index is 0.173. The minimum absolute atomic E-state index is 0.173. The molecule has 0 atom stereocenters. The van der Waals surface area contributed by atoms with Crippen LogP contribution in [0.2, 0.25) is 0 Å². The van der Waals surface area contributed by atoms with Gasteiger partial charge in [0.2, 0.25) is 5.91 Å². The van der Waals surface area contributed by atoms with Crippen LogP contribution in [0, 0.1) is 5.92 Å². The molecule has 4 heteroatoms. The molecule has 0 aromatic heterocycles. The molecule has 1 aromatic rings. The van der Waals surface area contributed by atoms with Gasteiger partial charge in [-0.3, -0.25) is 4.79 Å². The Morgan fingerprint density at radius 3 is 2.48 bits per heavy atom. The molecule has 1 amide bonds. The summed E-state index contributed by atoms with van der Waals surface area (Å²) in [7, 11) is 1.67. The Kier molecular flexibility index (Phi) is 7.40. The van der Waals surface area contributed by atoms with Crippen molar-refractivity contribution in [2.24, 2.45) is 5.92 Å². The molecule has 4 nitrogen and oxygen atoms in total. The van der Waals surface area contributed by atoms with E-state index >= 15 is 0 Å². The fourth-order valence-electron chi connectivity index (χ4n) is 3.20. The standard InChI is InChI=1S/C19H29NO3/c1-23-18-12-8-15(9-13-18)4-2-3-5-19(22)20-17-10-6-16(14-21)7-11-17/h8-9,12-13,16-17,21H,2-7,10-11,14H2,1H3,(H,20,22). The van der Waals surface area contributed by atoms with Crippen molar-refractivity contribution >= 4 is 5.91 Å². The lowest BCUT2D eigenvalue weighted by atomic mass is 9.86. The van der Waals surface area contributed by atoms with Crippen molar-refractivity contribution < 1.29 is 14.6 Å². The van der Waals surface area contributed by atoms with Crippen LogP contribution in [-0.4, -0.2) is 30.8 Å². The zero-order chi connectivity index (χ0) is 16.5. The zero-order valence-electron chi connectivity index (χ0n) is 14.1. The summed E-state index contributed by atoms with van der Waals surface area (Å²) in [6.45, 7) is 0.284. The summed E-state index contributed by atoms with van der Waals surface area (Å²) in [5, 5.41) is 12.3. The SMILES string of the molecule is COc1ccc(CCCCC(=O)NC2CCC(CO)CC2)cc1. The first-order chi connectivity index (χ1) is 11.2. The highest BCUT2D eigenvalue weighted by molar-refractivity contribution is 5.76. The summed E-state index contributed by atoms with van der Waals surface area (Å²) < 4.78 is 5.15. The minimum Gasteiger partial charge on any atom is -0.497 e. The number of unbranched alkanes of at least 4 members (excludes halogenated alkanes) is 1. The van der Waals surface area contributed by atoms with Gasteiger partial charge < -0.3 is 15.2 Å². The lowest BCUT2D eigenvalue weighted by Crippen LogP contribution is -2.37. The van der Waals surface area contributed by atoms with E-state index in [1.165, 1.54) is 5.56 Å². The largest absolute Gasteiger partial charge is 0.497 e. The van der Waals surface area contributed by atoms with Crippen LogP contribution >= 0.6 is 0 Å². The van der Waals surface area contributed by atoms with Crippen LogP contribution < -0.4 is 10.1 Å². The Hall–Kier alpha value is -1.55. The predicted molar refractivity (Wildman–Crippen MR) is 91.5 cm³/mol. The van der Waals surface area contributed by atoms with E-state index in [1.807, 2.05) is 12.1 Å². The predicted octanol–water partition coefficient (Wildman–Crippen LogP) is 3.08. The van der Waals surface area contributed by atoms with Crippen LogP contribution in [0.25, 0.3) is 0 Å². The maximum absolute atomic E-state index is 12.0. The number of rotatable bonds is 8. The fraction of sp³-hybridized carbons (Fsp3) is 0.632. The molecule has 0 spiro atoms. The van der Waals surface area contributed by atoms with Crippen LogP contribution in [0.1, 0.15) is 50.5 Å². The Morgan fingerprint density at radius 2 is 1.87 bits per heavy atom. The van der Waals surface area contributed by atoms with Crippen molar-refractivity contribution in [2.45, 2.75) is 57.4 Å². The third-order valence-corrected chi connectivity index (χ3v) is 4.75. The number of carbonyl (C=O) groups is 1. The molecule has 0 bridgehead atoms. The number of nitrogens with one attached hydrogen (secondary N) is 1. The molecule has 1 aliphatic rings. The summed E-state index contributed by atoms with van der Waals surface area (Å²) in [5.74, 6) is 1.49. The summed E-state index contributed by atoms with van der Waals surface area (Å²) in [5.41, 5.74) is 1.29. The monoisotopic (exact) mass is 319 g/mol. The van der Waals surface area contributed by atoms with Gasteiger partial charge in [0.25, 0.3) is 0 Å². The summed E-state index contributed by atoms with van der Waals surface area (Å²) >= 11 is 0. The number of carbonyl (C=O) groups excluding carboxylic acids is 1. The number of aliphatic hydroxyl groups excluding tert-OH is 1. The molecule has 128 valence electrons. The van der Waals surface area contributed by atoms with Crippen LogP contribution in [0.15, 0.2) is 24.3 Å². The molecule has 2 N–H and O–H groups in total. The average Bonchev–Trinajstić information content (AvgIpc) is 2.60. The highest BCUT2D eigenvalue weighted by Crippen LogP contribution is 2.23. The number of amides is 1. The van der Waals surface area contributed by atoms with Crippen molar-refractivity contribution in [2.75, 3.05) is 13.7 Å². The molecule has 1 aromatic carbocycles. The first kappa shape index (κ1) is 17.8. The van der Waals surface area contributed by atoms with Gasteiger partial charge in [-0.25, -0.2) is 0 Å². The van der Waals surface area contributed by atoms with Crippen molar-refractivity contribution in [1.29, 1.82) is 0 Å². The first-order valence-electron chi connectivity index (χ1n) is 8.74. The molecule has 1 aliphatic carbocycles. The van der Waals surface area contributed by atoms with Crippen LogP contribution in [0.3, 0.4) is 0 Å². The molecule has 0 unspecified atom stereocenters. The molecule has 0 aliphatic heterocycles. The van der Waals surface area contributed by atoms with E-state index in [1.54, 1.807) is 7.11 Å². The normalized spacial score (nSPS) is 21.0. The van der Waals surface area contributed by atoms with Crippen molar-refractivity contribution in [3.63, 3.8) is 0 Å². The molecular formula is C19H29NO3. The van der Waals surface area contributed by atoms with Crippen LogP contribution in [-0.2, 0) is 11.2 Å². The molecule has 0 heterocycles. The van der Waals surface area contributed by atoms with Gasteiger partial charge >= 0.3 is 0 Å². The lowest BCUT2D eigenvalue weighted by molar-refractivity contribution is -0.122. The highest BCUT2D eigenvalue weighted by Gasteiger charge is 2.21. The Labute approximate surface area is 139 Å². The van der Waals surface area contributed by atoms with Gasteiger partial charge in [-0.2, -0.15) is 0 Å². The van der Waals surface area contributed by atoms with E-state index in [9.17, 15) is 4.79 Å². The molecule has 0 saturated heterocycles. The smallest absolute Gasteiger partial charge is 0.220 e. The summed E-state index contributed by atoms with van der Waals surface area (Å²) in [6.07, 6.45) is 7.61. The number of aryl methyl sites for hydroxylation is 1. The van der Waals surface area contributed by atoms with Gasteiger partial charge in [-0.15, -0.1) is 0 Å². The molecule has 1 fully saturated rings. The van der Waals surface area contributed by atoms with Crippen LogP contribution in [0.5, 0.6) is 5.75 Å². The quantitative estimate of drug-likeness (QED) is 0.724. The molecule has 2 rings (SSSR count). The van der Waals surface area contributed by atoms with Gasteiger partial charge in [0.05, 0.1) is 7.11 Å². The van der Waals surface area contributed by atoms with Gasteiger partial charge in [-0.05, 0) is 68.6 Å². The molecule has 1 saturated carbocycles. The topological polar surface area (TPSA) is 58.6 Å². The zero-order valence-corrected chi connectivity index (χ0v) is 14.1. The number of hydrogen-bond acceptors (Lipinski definition) is 3. The van der Waals surface area contributed by atoms with E-state index in [4.69, 9.17) is 9.84 Å². The molecule has 0 radical (unpaired) electrons. The Morgan fingerprint density at radius 1 is 1.17 bits per heavy atom. The maximum atomic E-state index is 12.0. The number of benzene rings is 1. The van der Waals surface area contributed by atoms with E-state index in [0.29, 0.717) is 18.4 Å². The number of aliphatic hydroxyl groups is 1. The highest BCUT2D eigenvalue weighted by atomic mass is 16.5. The summed E-state index contributed by atoms with van der Waals surface area (Å²) in [4.78, 5) is 12.0. The van der Waals surface area contributed by atoms with Gasteiger partial charge in [0.1, 0.15) is 5.75 Å². The van der Waals surface area contributed by atoms with E-state index in [2.05, 4.69) is 17.4 Å². The molecular weight excluding hydrogens is 290 g/mol. The number of methoxy groups -OCH3 is 1. The van der Waals surface area contributed by atoms with E-state index in [-0.39, 0.29) is 12.5 Å². The van der Waals surface area contributed by atoms with Crippen molar-refractivity contribution in [3.05, 3.63) is 29.8 Å². The fourth-order valence-corrected chi connectivity index (χ4v) is 3.20. The number of hydrogen-bond donors (Lipinski definition) is 2. The first-order valence-corrected chi connectivity index (χ1v) is 8.74.